The molecule has 0 N–H and O–H groups in total. The Labute approximate surface area is 150 Å². The number of para-hydroxylation sites is 1. The first kappa shape index (κ1) is 15.0. The van der Waals surface area contributed by atoms with E-state index < -0.39 is 0 Å². The third kappa shape index (κ3) is 2.42. The topological polar surface area (TPSA) is 67.9 Å². The molecule has 6 heteroatoms. The summed E-state index contributed by atoms with van der Waals surface area (Å²) >= 11 is 0. The summed E-state index contributed by atoms with van der Waals surface area (Å²) in [7, 11) is 0. The summed E-state index contributed by atoms with van der Waals surface area (Å²) in [6, 6.07) is 16.5. The third-order valence-electron chi connectivity index (χ3n) is 4.87. The second-order valence-corrected chi connectivity index (χ2v) is 6.49. The Morgan fingerprint density at radius 2 is 1.77 bits per heavy atom. The Kier molecular flexibility index (Phi) is 3.41. The van der Waals surface area contributed by atoms with Gasteiger partial charge in [-0.15, -0.1) is 10.2 Å². The first-order valence-corrected chi connectivity index (χ1v) is 8.63. The van der Waals surface area contributed by atoms with Crippen molar-refractivity contribution in [2.45, 2.75) is 25.9 Å². The van der Waals surface area contributed by atoms with E-state index in [2.05, 4.69) is 55.4 Å². The molecule has 128 valence electrons. The first-order chi connectivity index (χ1) is 12.8. The van der Waals surface area contributed by atoms with Crippen molar-refractivity contribution >= 4 is 16.7 Å². The Balaban J connectivity index is 1.68. The SMILES string of the molecule is Cc1nnc([C@H]2Cc3ccccc3CN2c2ncnc3ccccc23)o1. The van der Waals surface area contributed by atoms with Crippen LogP contribution in [0.1, 0.15) is 29.0 Å². The number of anilines is 1. The van der Waals surface area contributed by atoms with E-state index in [1.165, 1.54) is 11.1 Å². The van der Waals surface area contributed by atoms with E-state index in [0.717, 1.165) is 29.7 Å². The summed E-state index contributed by atoms with van der Waals surface area (Å²) < 4.78 is 5.79. The standard InChI is InChI=1S/C20H17N5O/c1-13-23-24-20(26-13)18-10-14-6-2-3-7-15(14)11-25(18)19-16-8-4-5-9-17(16)21-12-22-19/h2-9,12,18H,10-11H2,1H3/t18-/m1/s1. The summed E-state index contributed by atoms with van der Waals surface area (Å²) in [5.41, 5.74) is 3.53. The molecule has 4 aromatic rings. The van der Waals surface area contributed by atoms with Crippen molar-refractivity contribution < 1.29 is 4.42 Å². The van der Waals surface area contributed by atoms with Gasteiger partial charge in [0.2, 0.25) is 11.8 Å². The van der Waals surface area contributed by atoms with Crippen LogP contribution in [0.15, 0.2) is 59.3 Å². The Morgan fingerprint density at radius 1 is 0.962 bits per heavy atom. The minimum absolute atomic E-state index is 0.0515. The van der Waals surface area contributed by atoms with Crippen LogP contribution in [0, 0.1) is 6.92 Å². The van der Waals surface area contributed by atoms with Gasteiger partial charge >= 0.3 is 0 Å². The number of hydrogen-bond acceptors (Lipinski definition) is 6. The molecule has 0 amide bonds. The maximum absolute atomic E-state index is 5.79. The molecule has 0 radical (unpaired) electrons. The number of nitrogens with zero attached hydrogens (tertiary/aromatic N) is 5. The molecule has 2 aromatic heterocycles. The Morgan fingerprint density at radius 3 is 2.62 bits per heavy atom. The number of aromatic nitrogens is 4. The van der Waals surface area contributed by atoms with E-state index in [-0.39, 0.29) is 6.04 Å². The fraction of sp³-hybridized carbons (Fsp3) is 0.200. The molecule has 6 nitrogen and oxygen atoms in total. The highest BCUT2D eigenvalue weighted by atomic mass is 16.4. The Hall–Kier alpha value is -3.28. The van der Waals surface area contributed by atoms with Crippen LogP contribution < -0.4 is 4.90 Å². The lowest BCUT2D eigenvalue weighted by atomic mass is 9.93. The molecule has 1 atom stereocenters. The van der Waals surface area contributed by atoms with E-state index >= 15 is 0 Å². The molecule has 0 aliphatic carbocycles. The lowest BCUT2D eigenvalue weighted by Gasteiger charge is -2.36. The molecule has 0 spiro atoms. The Bertz CT molecular complexity index is 1080. The van der Waals surface area contributed by atoms with Gasteiger partial charge in [-0.3, -0.25) is 0 Å². The minimum Gasteiger partial charge on any atom is -0.423 e. The molecule has 0 fully saturated rings. The van der Waals surface area contributed by atoms with Crippen molar-refractivity contribution in [2.75, 3.05) is 4.90 Å². The van der Waals surface area contributed by atoms with Gasteiger partial charge < -0.3 is 9.32 Å². The summed E-state index contributed by atoms with van der Waals surface area (Å²) in [6.45, 7) is 2.56. The summed E-state index contributed by atoms with van der Waals surface area (Å²) in [6.07, 6.45) is 2.42. The van der Waals surface area contributed by atoms with Crippen LogP contribution in [0.3, 0.4) is 0 Å². The van der Waals surface area contributed by atoms with Crippen molar-refractivity contribution in [1.82, 2.24) is 20.2 Å². The number of benzene rings is 2. The van der Waals surface area contributed by atoms with Gasteiger partial charge in [-0.05, 0) is 23.3 Å². The van der Waals surface area contributed by atoms with Gasteiger partial charge in [-0.1, -0.05) is 36.4 Å². The van der Waals surface area contributed by atoms with Crippen LogP contribution in [-0.4, -0.2) is 20.2 Å². The van der Waals surface area contributed by atoms with Gasteiger partial charge in [-0.25, -0.2) is 9.97 Å². The zero-order valence-electron chi connectivity index (χ0n) is 14.3. The number of hydrogen-bond donors (Lipinski definition) is 0. The highest BCUT2D eigenvalue weighted by molar-refractivity contribution is 5.89. The lowest BCUT2D eigenvalue weighted by molar-refractivity contribution is 0.403. The van der Waals surface area contributed by atoms with Gasteiger partial charge in [-0.2, -0.15) is 0 Å². The van der Waals surface area contributed by atoms with Crippen molar-refractivity contribution in [3.05, 3.63) is 77.8 Å². The minimum atomic E-state index is -0.0515. The van der Waals surface area contributed by atoms with E-state index in [4.69, 9.17) is 4.42 Å². The molecule has 0 unspecified atom stereocenters. The first-order valence-electron chi connectivity index (χ1n) is 8.63. The van der Waals surface area contributed by atoms with E-state index in [9.17, 15) is 0 Å². The molecule has 5 rings (SSSR count). The van der Waals surface area contributed by atoms with Gasteiger partial charge in [0, 0.05) is 25.3 Å². The van der Waals surface area contributed by atoms with Crippen molar-refractivity contribution in [3.8, 4) is 0 Å². The average molecular weight is 343 g/mol. The predicted octanol–water partition coefficient (Wildman–Crippen LogP) is 3.63. The third-order valence-corrected chi connectivity index (χ3v) is 4.87. The van der Waals surface area contributed by atoms with Gasteiger partial charge in [0.1, 0.15) is 18.2 Å². The smallest absolute Gasteiger partial charge is 0.239 e. The van der Waals surface area contributed by atoms with E-state index in [1.54, 1.807) is 6.33 Å². The van der Waals surface area contributed by atoms with E-state index in [1.807, 2.05) is 25.1 Å². The second kappa shape index (κ2) is 5.91. The fourth-order valence-corrected chi connectivity index (χ4v) is 3.63. The van der Waals surface area contributed by atoms with Crippen molar-refractivity contribution in [2.24, 2.45) is 0 Å². The van der Waals surface area contributed by atoms with Crippen LogP contribution in [0.2, 0.25) is 0 Å². The summed E-state index contributed by atoms with van der Waals surface area (Å²) in [4.78, 5) is 11.3. The van der Waals surface area contributed by atoms with Crippen LogP contribution in [0.5, 0.6) is 0 Å². The summed E-state index contributed by atoms with van der Waals surface area (Å²) in [5.74, 6) is 2.09. The molecule has 3 heterocycles. The van der Waals surface area contributed by atoms with Gasteiger partial charge in [0.25, 0.3) is 0 Å². The average Bonchev–Trinajstić information content (AvgIpc) is 3.13. The lowest BCUT2D eigenvalue weighted by Crippen LogP contribution is -2.35. The normalized spacial score (nSPS) is 16.7. The molecular weight excluding hydrogens is 326 g/mol. The van der Waals surface area contributed by atoms with Crippen molar-refractivity contribution in [1.29, 1.82) is 0 Å². The molecule has 0 saturated heterocycles. The highest BCUT2D eigenvalue weighted by Crippen LogP contribution is 2.37. The van der Waals surface area contributed by atoms with Crippen LogP contribution in [0.4, 0.5) is 5.82 Å². The predicted molar refractivity (Wildman–Crippen MR) is 97.6 cm³/mol. The fourth-order valence-electron chi connectivity index (χ4n) is 3.63. The van der Waals surface area contributed by atoms with Crippen LogP contribution >= 0.6 is 0 Å². The molecule has 1 aliphatic rings. The van der Waals surface area contributed by atoms with Crippen LogP contribution in [0.25, 0.3) is 10.9 Å². The van der Waals surface area contributed by atoms with Crippen LogP contribution in [-0.2, 0) is 13.0 Å². The molecule has 0 saturated carbocycles. The highest BCUT2D eigenvalue weighted by Gasteiger charge is 2.32. The number of fused-ring (bicyclic) bond motifs is 2. The zero-order chi connectivity index (χ0) is 17.5. The number of rotatable bonds is 2. The van der Waals surface area contributed by atoms with E-state index in [0.29, 0.717) is 11.8 Å². The van der Waals surface area contributed by atoms with Gasteiger partial charge in [0.15, 0.2) is 0 Å². The second-order valence-electron chi connectivity index (χ2n) is 6.49. The zero-order valence-corrected chi connectivity index (χ0v) is 14.3. The largest absolute Gasteiger partial charge is 0.423 e. The molecule has 26 heavy (non-hydrogen) atoms. The molecule has 1 aliphatic heterocycles. The van der Waals surface area contributed by atoms with Gasteiger partial charge in [0.05, 0.1) is 5.52 Å². The molecule has 0 bridgehead atoms. The van der Waals surface area contributed by atoms with Crippen molar-refractivity contribution in [3.63, 3.8) is 0 Å². The quantitative estimate of drug-likeness (QED) is 0.554. The number of aryl methyl sites for hydroxylation is 1. The summed E-state index contributed by atoms with van der Waals surface area (Å²) in [5, 5.41) is 9.35. The molecule has 2 aromatic carbocycles. The monoisotopic (exact) mass is 343 g/mol. The maximum Gasteiger partial charge on any atom is 0.239 e. The molecular formula is C20H17N5O. The maximum atomic E-state index is 5.79.